The van der Waals surface area contributed by atoms with E-state index in [1.165, 1.54) is 0 Å². The summed E-state index contributed by atoms with van der Waals surface area (Å²) in [6, 6.07) is 8.07. The fourth-order valence-electron chi connectivity index (χ4n) is 1.68. The summed E-state index contributed by atoms with van der Waals surface area (Å²) in [5.41, 5.74) is 3.76. The number of hydrogen-bond donors (Lipinski definition) is 1. The van der Waals surface area contributed by atoms with Gasteiger partial charge in [-0.3, -0.25) is 0 Å². The maximum Gasteiger partial charge on any atom is 0.136 e. The van der Waals surface area contributed by atoms with Crippen molar-refractivity contribution in [2.24, 2.45) is 0 Å². The molecular formula is C14H14ClNO. The lowest BCUT2D eigenvalue weighted by Crippen LogP contribution is -1.88. The van der Waals surface area contributed by atoms with E-state index in [2.05, 4.69) is 4.98 Å². The summed E-state index contributed by atoms with van der Waals surface area (Å²) in [5.74, 6) is 0. The number of rotatable bonds is 2. The summed E-state index contributed by atoms with van der Waals surface area (Å²) in [6.07, 6.45) is 1.86. The van der Waals surface area contributed by atoms with Gasteiger partial charge in [0.2, 0.25) is 0 Å². The Morgan fingerprint density at radius 1 is 1.41 bits per heavy atom. The van der Waals surface area contributed by atoms with Gasteiger partial charge in [0, 0.05) is 10.9 Å². The third-order valence-electron chi connectivity index (χ3n) is 2.61. The maximum absolute atomic E-state index is 9.00. The molecule has 1 N–H and O–H groups in total. The summed E-state index contributed by atoms with van der Waals surface area (Å²) >= 11 is 6.12. The highest BCUT2D eigenvalue weighted by molar-refractivity contribution is 6.31. The van der Waals surface area contributed by atoms with Gasteiger partial charge in [0.1, 0.15) is 5.15 Å². The molecule has 0 fully saturated rings. The van der Waals surface area contributed by atoms with Gasteiger partial charge in [0.15, 0.2) is 0 Å². The lowest BCUT2D eigenvalue weighted by molar-refractivity contribution is 0.332. The quantitative estimate of drug-likeness (QED) is 0.823. The number of pyridine rings is 1. The van der Waals surface area contributed by atoms with Crippen molar-refractivity contribution in [3.63, 3.8) is 0 Å². The van der Waals surface area contributed by atoms with Gasteiger partial charge >= 0.3 is 0 Å². The molecule has 0 saturated heterocycles. The molecule has 2 rings (SSSR count). The number of hydrogen-bond acceptors (Lipinski definition) is 2. The predicted octanol–water partition coefficient (Wildman–Crippen LogP) is 3.59. The van der Waals surface area contributed by atoms with Gasteiger partial charge < -0.3 is 5.11 Å². The monoisotopic (exact) mass is 247 g/mol. The van der Waals surface area contributed by atoms with Crippen LogP contribution in [0.3, 0.4) is 0 Å². The minimum atomic E-state index is 0.0300. The molecule has 0 aliphatic rings. The highest BCUT2D eigenvalue weighted by Gasteiger charge is 2.03. The first-order chi connectivity index (χ1) is 8.10. The number of aliphatic hydroxyl groups excluding tert-OH is 1. The third-order valence-corrected chi connectivity index (χ3v) is 2.91. The van der Waals surface area contributed by atoms with Gasteiger partial charge in [-0.05, 0) is 37.1 Å². The van der Waals surface area contributed by atoms with E-state index in [0.29, 0.717) is 5.15 Å². The molecule has 0 saturated carbocycles. The third kappa shape index (κ3) is 2.65. The molecule has 0 amide bonds. The van der Waals surface area contributed by atoms with E-state index in [0.717, 1.165) is 27.6 Å². The molecule has 0 spiro atoms. The van der Waals surface area contributed by atoms with E-state index in [1.54, 1.807) is 0 Å². The zero-order chi connectivity index (χ0) is 12.4. The van der Waals surface area contributed by atoms with Crippen molar-refractivity contribution >= 4 is 28.6 Å². The molecule has 1 aromatic carbocycles. The van der Waals surface area contributed by atoms with Crippen LogP contribution in [0.25, 0.3) is 17.0 Å². The van der Waals surface area contributed by atoms with E-state index in [1.807, 2.05) is 44.2 Å². The first-order valence-corrected chi connectivity index (χ1v) is 5.83. The Morgan fingerprint density at radius 2 is 2.18 bits per heavy atom. The molecule has 0 bridgehead atoms. The van der Waals surface area contributed by atoms with Gasteiger partial charge in [-0.25, -0.2) is 4.98 Å². The van der Waals surface area contributed by atoms with Crippen LogP contribution in [0, 0.1) is 6.92 Å². The molecule has 17 heavy (non-hydrogen) atoms. The molecule has 1 aromatic heterocycles. The largest absolute Gasteiger partial charge is 0.392 e. The van der Waals surface area contributed by atoms with E-state index in [9.17, 15) is 0 Å². The van der Waals surface area contributed by atoms with Crippen LogP contribution in [0.4, 0.5) is 0 Å². The molecule has 3 heteroatoms. The standard InChI is InChI=1S/C14H14ClNO/c1-9-3-4-11-7-12(5-10(2)8-17)14(15)16-13(11)6-9/h3-7,17H,8H2,1-2H3. The number of fused-ring (bicyclic) bond motifs is 1. The molecule has 2 aromatic rings. The van der Waals surface area contributed by atoms with E-state index >= 15 is 0 Å². The zero-order valence-electron chi connectivity index (χ0n) is 9.87. The Balaban J connectivity index is 2.60. The molecule has 0 aliphatic heterocycles. The summed E-state index contributed by atoms with van der Waals surface area (Å²) in [5, 5.41) is 10.5. The van der Waals surface area contributed by atoms with Gasteiger partial charge in [0.25, 0.3) is 0 Å². The minimum absolute atomic E-state index is 0.0300. The SMILES string of the molecule is CC(=Cc1cc2ccc(C)cc2nc1Cl)CO. The summed E-state index contributed by atoms with van der Waals surface area (Å²) in [6.45, 7) is 3.91. The smallest absolute Gasteiger partial charge is 0.136 e. The van der Waals surface area contributed by atoms with Crippen molar-refractivity contribution in [3.8, 4) is 0 Å². The lowest BCUT2D eigenvalue weighted by atomic mass is 10.1. The number of benzene rings is 1. The summed E-state index contributed by atoms with van der Waals surface area (Å²) < 4.78 is 0. The van der Waals surface area contributed by atoms with Crippen molar-refractivity contribution < 1.29 is 5.11 Å². The Hall–Kier alpha value is -1.38. The Bertz CT molecular complexity index is 590. The molecule has 0 radical (unpaired) electrons. The van der Waals surface area contributed by atoms with Gasteiger partial charge in [-0.2, -0.15) is 0 Å². The van der Waals surface area contributed by atoms with Crippen LogP contribution < -0.4 is 0 Å². The van der Waals surface area contributed by atoms with Crippen molar-refractivity contribution in [1.82, 2.24) is 4.98 Å². The van der Waals surface area contributed by atoms with Crippen LogP contribution in [0.5, 0.6) is 0 Å². The fraction of sp³-hybridized carbons (Fsp3) is 0.214. The van der Waals surface area contributed by atoms with E-state index < -0.39 is 0 Å². The highest BCUT2D eigenvalue weighted by Crippen LogP contribution is 2.23. The average Bonchev–Trinajstić information content (AvgIpc) is 2.30. The Morgan fingerprint density at radius 3 is 2.88 bits per heavy atom. The number of aryl methyl sites for hydroxylation is 1. The van der Waals surface area contributed by atoms with Crippen molar-refractivity contribution in [2.45, 2.75) is 13.8 Å². The fourth-order valence-corrected chi connectivity index (χ4v) is 1.88. The minimum Gasteiger partial charge on any atom is -0.392 e. The van der Waals surface area contributed by atoms with Crippen LogP contribution in [0.15, 0.2) is 29.8 Å². The predicted molar refractivity (Wildman–Crippen MR) is 72.2 cm³/mol. The van der Waals surface area contributed by atoms with E-state index in [-0.39, 0.29) is 6.61 Å². The molecule has 0 aliphatic carbocycles. The topological polar surface area (TPSA) is 33.1 Å². The van der Waals surface area contributed by atoms with Gasteiger partial charge in [-0.15, -0.1) is 0 Å². The second-order valence-corrected chi connectivity index (χ2v) is 4.57. The molecular weight excluding hydrogens is 234 g/mol. The number of nitrogens with zero attached hydrogens (tertiary/aromatic N) is 1. The van der Waals surface area contributed by atoms with Gasteiger partial charge in [0.05, 0.1) is 12.1 Å². The molecule has 1 heterocycles. The zero-order valence-corrected chi connectivity index (χ0v) is 10.6. The average molecular weight is 248 g/mol. The van der Waals surface area contributed by atoms with Gasteiger partial charge in [-0.1, -0.05) is 29.8 Å². The first kappa shape index (κ1) is 12.1. The first-order valence-electron chi connectivity index (χ1n) is 5.45. The van der Waals surface area contributed by atoms with Crippen LogP contribution in [0.1, 0.15) is 18.1 Å². The van der Waals surface area contributed by atoms with Crippen LogP contribution in [-0.2, 0) is 0 Å². The van der Waals surface area contributed by atoms with Crippen molar-refractivity contribution in [1.29, 1.82) is 0 Å². The second-order valence-electron chi connectivity index (χ2n) is 4.21. The molecule has 0 unspecified atom stereocenters. The number of aliphatic hydroxyl groups is 1. The maximum atomic E-state index is 9.00. The number of aromatic nitrogens is 1. The Labute approximate surface area is 106 Å². The normalized spacial score (nSPS) is 12.1. The van der Waals surface area contributed by atoms with Crippen molar-refractivity contribution in [2.75, 3.05) is 6.61 Å². The molecule has 2 nitrogen and oxygen atoms in total. The summed E-state index contributed by atoms with van der Waals surface area (Å²) in [7, 11) is 0. The highest BCUT2D eigenvalue weighted by atomic mass is 35.5. The van der Waals surface area contributed by atoms with Crippen LogP contribution >= 0.6 is 11.6 Å². The van der Waals surface area contributed by atoms with Crippen LogP contribution in [-0.4, -0.2) is 16.7 Å². The van der Waals surface area contributed by atoms with E-state index in [4.69, 9.17) is 16.7 Å². The molecule has 0 atom stereocenters. The summed E-state index contributed by atoms with van der Waals surface area (Å²) in [4.78, 5) is 4.36. The molecule has 88 valence electrons. The van der Waals surface area contributed by atoms with Crippen molar-refractivity contribution in [3.05, 3.63) is 46.1 Å². The Kier molecular flexibility index (Phi) is 3.46. The second kappa shape index (κ2) is 4.86. The van der Waals surface area contributed by atoms with Crippen LogP contribution in [0.2, 0.25) is 5.15 Å². The lowest BCUT2D eigenvalue weighted by Gasteiger charge is -2.04. The number of halogens is 1.